The van der Waals surface area contributed by atoms with Crippen molar-refractivity contribution in [2.75, 3.05) is 11.3 Å². The second kappa shape index (κ2) is 10.7. The van der Waals surface area contributed by atoms with Gasteiger partial charge in [-0.3, -0.25) is 9.52 Å². The van der Waals surface area contributed by atoms with E-state index in [9.17, 15) is 13.2 Å². The lowest BCUT2D eigenvalue weighted by Gasteiger charge is -2.22. The average Bonchev–Trinajstić information content (AvgIpc) is 2.85. The number of sulfonamides is 1. The topological polar surface area (TPSA) is 97.4 Å². The van der Waals surface area contributed by atoms with Crippen LogP contribution in [0.2, 0.25) is 0 Å². The number of benzene rings is 2. The fraction of sp³-hybridized carbons (Fsp3) is 0.308. The molecule has 0 spiro atoms. The molecule has 1 aromatic heterocycles. The van der Waals surface area contributed by atoms with Crippen molar-refractivity contribution < 1.29 is 17.9 Å². The summed E-state index contributed by atoms with van der Waals surface area (Å²) in [6.45, 7) is 2.31. The Balaban J connectivity index is 1.48. The zero-order valence-electron chi connectivity index (χ0n) is 19.2. The van der Waals surface area contributed by atoms with Gasteiger partial charge in [0.25, 0.3) is 15.9 Å². The number of hydrogen-bond donors (Lipinski definition) is 2. The maximum atomic E-state index is 13.0. The molecule has 0 aliphatic heterocycles. The van der Waals surface area contributed by atoms with Gasteiger partial charge >= 0.3 is 0 Å². The smallest absolute Gasteiger partial charge is 0.261 e. The predicted molar refractivity (Wildman–Crippen MR) is 132 cm³/mol. The molecule has 0 atom stereocenters. The first-order valence-electron chi connectivity index (χ1n) is 11.6. The number of hydrogen-bond acceptors (Lipinski definition) is 5. The van der Waals surface area contributed by atoms with E-state index in [4.69, 9.17) is 4.74 Å². The first-order chi connectivity index (χ1) is 16.5. The normalized spacial score (nSPS) is 14.4. The van der Waals surface area contributed by atoms with E-state index in [1.807, 2.05) is 19.1 Å². The van der Waals surface area contributed by atoms with Crippen molar-refractivity contribution in [2.45, 2.75) is 49.8 Å². The molecule has 34 heavy (non-hydrogen) atoms. The molecule has 2 aromatic carbocycles. The van der Waals surface area contributed by atoms with Crippen molar-refractivity contribution >= 4 is 21.6 Å². The lowest BCUT2D eigenvalue weighted by Crippen LogP contribution is -2.23. The lowest BCUT2D eigenvalue weighted by molar-refractivity contribution is 0.0953. The number of aromatic nitrogens is 1. The van der Waals surface area contributed by atoms with Crippen molar-refractivity contribution in [2.24, 2.45) is 0 Å². The molecular formula is C26H29N3O4S. The number of nitrogens with zero attached hydrogens (tertiary/aromatic N) is 1. The molecule has 1 heterocycles. The highest BCUT2D eigenvalue weighted by Crippen LogP contribution is 2.33. The Morgan fingerprint density at radius 3 is 2.53 bits per heavy atom. The van der Waals surface area contributed by atoms with Gasteiger partial charge in [-0.2, -0.15) is 0 Å². The highest BCUT2D eigenvalue weighted by atomic mass is 32.2. The molecule has 1 aliphatic rings. The molecule has 3 aromatic rings. The van der Waals surface area contributed by atoms with E-state index in [2.05, 4.69) is 15.0 Å². The van der Waals surface area contributed by atoms with Crippen LogP contribution in [0.4, 0.5) is 5.69 Å². The Hall–Kier alpha value is -3.39. The third-order valence-corrected chi connectivity index (χ3v) is 7.32. The van der Waals surface area contributed by atoms with Gasteiger partial charge in [-0.25, -0.2) is 13.4 Å². The lowest BCUT2D eigenvalue weighted by atomic mass is 9.84. The molecule has 178 valence electrons. The summed E-state index contributed by atoms with van der Waals surface area (Å²) in [6, 6.07) is 17.0. The molecule has 7 nitrogen and oxygen atoms in total. The monoisotopic (exact) mass is 479 g/mol. The number of pyridine rings is 1. The largest absolute Gasteiger partial charge is 0.438 e. The second-order valence-electron chi connectivity index (χ2n) is 8.35. The molecular weight excluding hydrogens is 450 g/mol. The van der Waals surface area contributed by atoms with Crippen LogP contribution in [0.25, 0.3) is 0 Å². The summed E-state index contributed by atoms with van der Waals surface area (Å²) >= 11 is 0. The van der Waals surface area contributed by atoms with Crippen LogP contribution >= 0.6 is 0 Å². The Kier molecular flexibility index (Phi) is 7.47. The fourth-order valence-electron chi connectivity index (χ4n) is 4.20. The van der Waals surface area contributed by atoms with Crippen LogP contribution in [0.15, 0.2) is 71.8 Å². The fourth-order valence-corrected chi connectivity index (χ4v) is 5.25. The number of nitrogens with one attached hydrogen (secondary N) is 2. The third-order valence-electron chi connectivity index (χ3n) is 5.92. The Morgan fingerprint density at radius 2 is 1.79 bits per heavy atom. The van der Waals surface area contributed by atoms with E-state index in [-0.39, 0.29) is 16.7 Å². The number of rotatable bonds is 8. The Morgan fingerprint density at radius 1 is 1.03 bits per heavy atom. The van der Waals surface area contributed by atoms with Gasteiger partial charge in [0, 0.05) is 18.8 Å². The van der Waals surface area contributed by atoms with Gasteiger partial charge in [0.15, 0.2) is 0 Å². The third kappa shape index (κ3) is 5.75. The van der Waals surface area contributed by atoms with Crippen molar-refractivity contribution in [1.29, 1.82) is 0 Å². The summed E-state index contributed by atoms with van der Waals surface area (Å²) in [7, 11) is -3.76. The quantitative estimate of drug-likeness (QED) is 0.446. The van der Waals surface area contributed by atoms with Crippen LogP contribution in [0.5, 0.6) is 11.6 Å². The summed E-state index contributed by atoms with van der Waals surface area (Å²) in [5.41, 5.74) is 1.85. The second-order valence-corrected chi connectivity index (χ2v) is 10.0. The maximum absolute atomic E-state index is 13.0. The maximum Gasteiger partial charge on any atom is 0.261 e. The number of amides is 1. The number of carbonyl (C=O) groups is 1. The molecule has 8 heteroatoms. The highest BCUT2D eigenvalue weighted by Gasteiger charge is 2.19. The molecule has 4 rings (SSSR count). The van der Waals surface area contributed by atoms with Crippen LogP contribution in [0.1, 0.15) is 60.9 Å². The summed E-state index contributed by atoms with van der Waals surface area (Å²) in [4.78, 5) is 16.6. The first-order valence-corrected chi connectivity index (χ1v) is 13.1. The molecule has 1 saturated carbocycles. The first kappa shape index (κ1) is 23.8. The van der Waals surface area contributed by atoms with Gasteiger partial charge in [0.1, 0.15) is 11.3 Å². The SMILES string of the molecule is CCNC(=O)c1cccnc1Oc1cccc(NS(=O)(=O)c2ccc(C3CCCCC3)cc2)c1. The minimum absolute atomic E-state index is 0.145. The van der Waals surface area contributed by atoms with Gasteiger partial charge in [0.2, 0.25) is 5.88 Å². The molecule has 2 N–H and O–H groups in total. The molecule has 0 saturated heterocycles. The summed E-state index contributed by atoms with van der Waals surface area (Å²) in [5, 5.41) is 2.72. The van der Waals surface area contributed by atoms with Gasteiger partial charge in [-0.1, -0.05) is 37.5 Å². The summed E-state index contributed by atoms with van der Waals surface area (Å²) in [6.07, 6.45) is 7.59. The minimum Gasteiger partial charge on any atom is -0.438 e. The Labute approximate surface area is 200 Å². The van der Waals surface area contributed by atoms with E-state index in [0.29, 0.717) is 29.5 Å². The standard InChI is InChI=1S/C26H29N3O4S/c1-2-27-25(30)24-12-7-17-28-26(24)33-22-11-6-10-21(18-22)29-34(31,32)23-15-13-20(14-16-23)19-8-4-3-5-9-19/h6-7,10-19,29H,2-5,8-9H2,1H3,(H,27,30). The molecule has 1 aliphatic carbocycles. The number of ether oxygens (including phenoxy) is 1. The average molecular weight is 480 g/mol. The number of carbonyl (C=O) groups excluding carboxylic acids is 1. The van der Waals surface area contributed by atoms with Gasteiger partial charge < -0.3 is 10.1 Å². The number of anilines is 1. The summed E-state index contributed by atoms with van der Waals surface area (Å²) < 4.78 is 34.3. The summed E-state index contributed by atoms with van der Waals surface area (Å²) in [5.74, 6) is 0.728. The van der Waals surface area contributed by atoms with Crippen molar-refractivity contribution in [3.63, 3.8) is 0 Å². The van der Waals surface area contributed by atoms with E-state index >= 15 is 0 Å². The van der Waals surface area contributed by atoms with E-state index < -0.39 is 10.0 Å². The molecule has 0 radical (unpaired) electrons. The zero-order chi connectivity index (χ0) is 24.0. The van der Waals surface area contributed by atoms with Gasteiger partial charge in [-0.05, 0) is 67.6 Å². The molecule has 0 unspecified atom stereocenters. The van der Waals surface area contributed by atoms with E-state index in [1.165, 1.54) is 31.0 Å². The predicted octanol–water partition coefficient (Wildman–Crippen LogP) is 5.47. The van der Waals surface area contributed by atoms with Crippen LogP contribution in [-0.4, -0.2) is 25.9 Å². The molecule has 1 amide bonds. The molecule has 1 fully saturated rings. The van der Waals surface area contributed by atoms with Crippen molar-refractivity contribution in [3.05, 3.63) is 78.0 Å². The van der Waals surface area contributed by atoms with Crippen LogP contribution in [0, 0.1) is 0 Å². The van der Waals surface area contributed by atoms with Crippen LogP contribution in [-0.2, 0) is 10.0 Å². The van der Waals surface area contributed by atoms with Gasteiger partial charge in [0.05, 0.1) is 10.6 Å². The highest BCUT2D eigenvalue weighted by molar-refractivity contribution is 7.92. The van der Waals surface area contributed by atoms with Crippen LogP contribution in [0.3, 0.4) is 0 Å². The van der Waals surface area contributed by atoms with E-state index in [1.54, 1.807) is 48.5 Å². The zero-order valence-corrected chi connectivity index (χ0v) is 20.0. The Bertz CT molecular complexity index is 1240. The van der Waals surface area contributed by atoms with Crippen molar-refractivity contribution in [3.8, 4) is 11.6 Å². The van der Waals surface area contributed by atoms with E-state index in [0.717, 1.165) is 12.8 Å². The van der Waals surface area contributed by atoms with Crippen molar-refractivity contribution in [1.82, 2.24) is 10.3 Å². The van der Waals surface area contributed by atoms with Gasteiger partial charge in [-0.15, -0.1) is 0 Å². The van der Waals surface area contributed by atoms with Crippen LogP contribution < -0.4 is 14.8 Å². The molecule has 0 bridgehead atoms. The minimum atomic E-state index is -3.76.